The molecule has 0 saturated heterocycles. The van der Waals surface area contributed by atoms with Crippen LogP contribution in [-0.2, 0) is 0 Å². The number of rotatable bonds is 1. The molecule has 0 aliphatic heterocycles. The van der Waals surface area contributed by atoms with Gasteiger partial charge in [0.25, 0.3) is 0 Å². The molecule has 0 unspecified atom stereocenters. The lowest BCUT2D eigenvalue weighted by Gasteiger charge is -1.95. The minimum absolute atomic E-state index is 0.353. The molecule has 1 aromatic carbocycles. The van der Waals surface area contributed by atoms with Crippen LogP contribution < -0.4 is 0 Å². The number of hydrogen-bond donors (Lipinski definition) is 0. The summed E-state index contributed by atoms with van der Waals surface area (Å²) in [6, 6.07) is 4.94. The van der Waals surface area contributed by atoms with Gasteiger partial charge in [-0.2, -0.15) is 0 Å². The summed E-state index contributed by atoms with van der Waals surface area (Å²) in [5.41, 5.74) is 0.353. The maximum Gasteiger partial charge on any atom is 0.153 e. The maximum atomic E-state index is 10.3. The fraction of sp³-hybridized carbons (Fsp3) is 0.222. The lowest BCUT2D eigenvalue weighted by atomic mass is 10.2. The summed E-state index contributed by atoms with van der Waals surface area (Å²) in [5.74, 6) is 0. The zero-order valence-corrected chi connectivity index (χ0v) is 8.49. The third-order valence-electron chi connectivity index (χ3n) is 1.12. The predicted octanol–water partition coefficient (Wildman–Crippen LogP) is 3.83. The van der Waals surface area contributed by atoms with E-state index in [0.717, 1.165) is 0 Å². The van der Waals surface area contributed by atoms with Crippen LogP contribution in [0.4, 0.5) is 0 Å². The van der Waals surface area contributed by atoms with Crippen LogP contribution in [0, 0.1) is 0 Å². The Balaban J connectivity index is 0.000000561. The second-order valence-corrected chi connectivity index (χ2v) is 2.57. The molecule has 1 aromatic rings. The molecule has 0 aromatic heterocycles. The summed E-state index contributed by atoms with van der Waals surface area (Å²) in [6.45, 7) is 4.00. The summed E-state index contributed by atoms with van der Waals surface area (Å²) in [7, 11) is 0. The lowest BCUT2D eigenvalue weighted by Crippen LogP contribution is -1.81. The quantitative estimate of drug-likeness (QED) is 0.636. The average Bonchev–Trinajstić information content (AvgIpc) is 2.08. The molecule has 0 saturated carbocycles. The van der Waals surface area contributed by atoms with Crippen LogP contribution in [0.1, 0.15) is 24.2 Å². The molecule has 1 nitrogen and oxygen atoms in total. The van der Waals surface area contributed by atoms with Gasteiger partial charge in [0.2, 0.25) is 0 Å². The minimum atomic E-state index is 0.353. The SMILES string of the molecule is CC.O=Cc1c(Cl)cccc1Cl. The Morgan fingerprint density at radius 2 is 1.58 bits per heavy atom. The first kappa shape index (κ1) is 11.5. The predicted molar refractivity (Wildman–Crippen MR) is 53.2 cm³/mol. The Bertz CT molecular complexity index is 238. The summed E-state index contributed by atoms with van der Waals surface area (Å²) >= 11 is 11.2. The van der Waals surface area contributed by atoms with Crippen molar-refractivity contribution >= 4 is 29.5 Å². The van der Waals surface area contributed by atoms with Crippen molar-refractivity contribution in [3.63, 3.8) is 0 Å². The van der Waals surface area contributed by atoms with Crippen molar-refractivity contribution < 1.29 is 4.79 Å². The summed E-state index contributed by atoms with van der Waals surface area (Å²) < 4.78 is 0. The molecular formula is C9H10Cl2O. The van der Waals surface area contributed by atoms with E-state index in [1.807, 2.05) is 13.8 Å². The largest absolute Gasteiger partial charge is 0.298 e. The van der Waals surface area contributed by atoms with Gasteiger partial charge in [-0.05, 0) is 12.1 Å². The second kappa shape index (κ2) is 6.04. The van der Waals surface area contributed by atoms with Crippen LogP contribution in [0.5, 0.6) is 0 Å². The fourth-order valence-electron chi connectivity index (χ4n) is 0.623. The maximum absolute atomic E-state index is 10.3. The van der Waals surface area contributed by atoms with E-state index < -0.39 is 0 Å². The van der Waals surface area contributed by atoms with E-state index in [2.05, 4.69) is 0 Å². The topological polar surface area (TPSA) is 17.1 Å². The number of carbonyl (C=O) groups excluding carboxylic acids is 1. The monoisotopic (exact) mass is 204 g/mol. The highest BCUT2D eigenvalue weighted by Gasteiger charge is 2.01. The summed E-state index contributed by atoms with van der Waals surface area (Å²) in [4.78, 5) is 10.3. The highest BCUT2D eigenvalue weighted by molar-refractivity contribution is 6.38. The Kier molecular flexibility index (Phi) is 5.77. The van der Waals surface area contributed by atoms with Gasteiger partial charge < -0.3 is 0 Å². The van der Waals surface area contributed by atoms with Crippen LogP contribution >= 0.6 is 23.2 Å². The van der Waals surface area contributed by atoms with E-state index in [1.165, 1.54) is 0 Å². The van der Waals surface area contributed by atoms with Crippen LogP contribution in [-0.4, -0.2) is 6.29 Å². The first-order valence-electron chi connectivity index (χ1n) is 3.65. The Morgan fingerprint density at radius 3 is 1.83 bits per heavy atom. The molecule has 0 radical (unpaired) electrons. The molecule has 0 amide bonds. The highest BCUT2D eigenvalue weighted by Crippen LogP contribution is 2.21. The van der Waals surface area contributed by atoms with Gasteiger partial charge in [0.1, 0.15) is 0 Å². The van der Waals surface area contributed by atoms with E-state index in [9.17, 15) is 4.79 Å². The zero-order chi connectivity index (χ0) is 9.56. The van der Waals surface area contributed by atoms with Gasteiger partial charge >= 0.3 is 0 Å². The third kappa shape index (κ3) is 2.84. The first-order chi connectivity index (χ1) is 5.75. The Morgan fingerprint density at radius 1 is 1.17 bits per heavy atom. The van der Waals surface area contributed by atoms with Crippen LogP contribution in [0.15, 0.2) is 18.2 Å². The highest BCUT2D eigenvalue weighted by atomic mass is 35.5. The zero-order valence-electron chi connectivity index (χ0n) is 6.97. The molecular weight excluding hydrogens is 195 g/mol. The minimum Gasteiger partial charge on any atom is -0.298 e. The Hall–Kier alpha value is -0.530. The number of benzene rings is 1. The Labute approximate surface area is 82.3 Å². The van der Waals surface area contributed by atoms with Gasteiger partial charge in [-0.15, -0.1) is 0 Å². The molecule has 0 N–H and O–H groups in total. The second-order valence-electron chi connectivity index (χ2n) is 1.75. The molecule has 0 fully saturated rings. The van der Waals surface area contributed by atoms with Crippen molar-refractivity contribution in [2.75, 3.05) is 0 Å². The number of aldehydes is 1. The molecule has 0 atom stereocenters. The van der Waals surface area contributed by atoms with Crippen molar-refractivity contribution in [1.29, 1.82) is 0 Å². The molecule has 0 aliphatic carbocycles. The van der Waals surface area contributed by atoms with E-state index in [-0.39, 0.29) is 0 Å². The van der Waals surface area contributed by atoms with E-state index in [4.69, 9.17) is 23.2 Å². The number of halogens is 2. The average molecular weight is 205 g/mol. The van der Waals surface area contributed by atoms with Crippen LogP contribution in [0.25, 0.3) is 0 Å². The summed E-state index contributed by atoms with van der Waals surface area (Å²) in [6.07, 6.45) is 0.644. The standard InChI is InChI=1S/C7H4Cl2O.C2H6/c8-6-2-1-3-7(9)5(6)4-10;1-2/h1-4H;1-2H3. The molecule has 3 heteroatoms. The van der Waals surface area contributed by atoms with Gasteiger partial charge in [-0.1, -0.05) is 43.1 Å². The van der Waals surface area contributed by atoms with Gasteiger partial charge in [0.15, 0.2) is 6.29 Å². The van der Waals surface area contributed by atoms with Crippen molar-refractivity contribution in [2.45, 2.75) is 13.8 Å². The molecule has 0 bridgehead atoms. The van der Waals surface area contributed by atoms with Crippen molar-refractivity contribution in [2.24, 2.45) is 0 Å². The molecule has 1 rings (SSSR count). The molecule has 0 spiro atoms. The van der Waals surface area contributed by atoms with E-state index in [1.54, 1.807) is 18.2 Å². The van der Waals surface area contributed by atoms with Crippen molar-refractivity contribution in [3.05, 3.63) is 33.8 Å². The van der Waals surface area contributed by atoms with Crippen molar-refractivity contribution in [3.8, 4) is 0 Å². The molecule has 12 heavy (non-hydrogen) atoms. The molecule has 0 heterocycles. The van der Waals surface area contributed by atoms with Gasteiger partial charge in [0.05, 0.1) is 15.6 Å². The van der Waals surface area contributed by atoms with Crippen LogP contribution in [0.2, 0.25) is 10.0 Å². The fourth-order valence-corrected chi connectivity index (χ4v) is 1.11. The van der Waals surface area contributed by atoms with Crippen LogP contribution in [0.3, 0.4) is 0 Å². The number of carbonyl (C=O) groups is 1. The van der Waals surface area contributed by atoms with Gasteiger partial charge in [0, 0.05) is 0 Å². The summed E-state index contributed by atoms with van der Waals surface area (Å²) in [5, 5.41) is 0.782. The lowest BCUT2D eigenvalue weighted by molar-refractivity contribution is 0.112. The van der Waals surface area contributed by atoms with E-state index in [0.29, 0.717) is 21.9 Å². The smallest absolute Gasteiger partial charge is 0.153 e. The third-order valence-corrected chi connectivity index (χ3v) is 1.78. The normalized spacial score (nSPS) is 8.33. The van der Waals surface area contributed by atoms with E-state index >= 15 is 0 Å². The molecule has 66 valence electrons. The first-order valence-corrected chi connectivity index (χ1v) is 4.40. The number of hydrogen-bond acceptors (Lipinski definition) is 1. The molecule has 0 aliphatic rings. The van der Waals surface area contributed by atoms with Gasteiger partial charge in [-0.3, -0.25) is 4.79 Å². The van der Waals surface area contributed by atoms with Crippen molar-refractivity contribution in [1.82, 2.24) is 0 Å². The van der Waals surface area contributed by atoms with Gasteiger partial charge in [-0.25, -0.2) is 0 Å².